The highest BCUT2D eigenvalue weighted by Crippen LogP contribution is 2.32. The first-order valence-corrected chi connectivity index (χ1v) is 16.0. The van der Waals surface area contributed by atoms with Crippen LogP contribution in [0.15, 0.2) is 54.7 Å². The van der Waals surface area contributed by atoms with Gasteiger partial charge >= 0.3 is 6.09 Å². The van der Waals surface area contributed by atoms with Gasteiger partial charge in [-0.3, -0.25) is 19.5 Å². The Morgan fingerprint density at radius 2 is 1.81 bits per heavy atom. The number of aromatic nitrogens is 1. The number of amides is 3. The predicted octanol–water partition coefficient (Wildman–Crippen LogP) is 4.71. The van der Waals surface area contributed by atoms with Crippen molar-refractivity contribution in [3.63, 3.8) is 0 Å². The van der Waals surface area contributed by atoms with Gasteiger partial charge in [-0.1, -0.05) is 24.3 Å². The summed E-state index contributed by atoms with van der Waals surface area (Å²) in [7, 11) is 0. The maximum atomic E-state index is 13.7. The molecule has 1 aromatic heterocycles. The van der Waals surface area contributed by atoms with Crippen LogP contribution in [-0.4, -0.2) is 108 Å². The van der Waals surface area contributed by atoms with Crippen LogP contribution in [0.4, 0.5) is 13.6 Å². The van der Waals surface area contributed by atoms with Crippen molar-refractivity contribution in [2.24, 2.45) is 0 Å². The Bertz CT molecular complexity index is 1700. The Balaban J connectivity index is 1.13. The minimum atomic E-state index is -3.13. The standard InChI is InChI=1S/C35H40F2N6O5/c1-34(2,3)48-33(46)42-15-13-41(14-16-42)12-5-17-47-27-7-4-6-24(18-27)25-8-9-28-29(10-11-39-30(28)19-25)32(45)40-22-31(44)43-23-35(36,37)20-26(43)21-38/h4,6-11,18-19,26H,5,12-17,20,22-23H2,1-3H3,(H,40,45)/t26-/m0/s1. The molecule has 13 heteroatoms. The Morgan fingerprint density at radius 3 is 2.54 bits per heavy atom. The number of fused-ring (bicyclic) bond motifs is 1. The van der Waals surface area contributed by atoms with Gasteiger partial charge in [0.2, 0.25) is 5.91 Å². The van der Waals surface area contributed by atoms with Crippen molar-refractivity contribution in [3.05, 3.63) is 60.3 Å². The second-order valence-corrected chi connectivity index (χ2v) is 13.0. The highest BCUT2D eigenvalue weighted by atomic mass is 19.3. The maximum Gasteiger partial charge on any atom is 0.410 e. The highest BCUT2D eigenvalue weighted by Gasteiger charge is 2.47. The minimum Gasteiger partial charge on any atom is -0.494 e. The van der Waals surface area contributed by atoms with Gasteiger partial charge in [-0.15, -0.1) is 0 Å². The van der Waals surface area contributed by atoms with Crippen molar-refractivity contribution in [2.45, 2.75) is 51.2 Å². The Labute approximate surface area is 278 Å². The van der Waals surface area contributed by atoms with Crippen molar-refractivity contribution in [1.82, 2.24) is 25.0 Å². The second kappa shape index (κ2) is 14.5. The number of hydrogen-bond acceptors (Lipinski definition) is 8. The van der Waals surface area contributed by atoms with E-state index in [4.69, 9.17) is 14.7 Å². The van der Waals surface area contributed by atoms with E-state index in [-0.39, 0.29) is 11.7 Å². The average molecular weight is 663 g/mol. The normalized spacial score (nSPS) is 18.0. The largest absolute Gasteiger partial charge is 0.494 e. The van der Waals surface area contributed by atoms with Crippen LogP contribution >= 0.6 is 0 Å². The van der Waals surface area contributed by atoms with E-state index in [0.29, 0.717) is 30.6 Å². The smallest absolute Gasteiger partial charge is 0.410 e. The fraction of sp³-hybridized carbons (Fsp3) is 0.457. The number of pyridine rings is 1. The number of ether oxygens (including phenoxy) is 2. The summed E-state index contributed by atoms with van der Waals surface area (Å²) in [5.74, 6) is -3.70. The van der Waals surface area contributed by atoms with Crippen LogP contribution in [-0.2, 0) is 9.53 Å². The Hall–Kier alpha value is -4.83. The number of likely N-dealkylation sites (tertiary alicyclic amines) is 1. The Kier molecular flexibility index (Phi) is 10.4. The number of benzene rings is 2. The molecule has 1 N–H and O–H groups in total. The topological polar surface area (TPSA) is 128 Å². The number of nitriles is 1. The predicted molar refractivity (Wildman–Crippen MR) is 175 cm³/mol. The molecule has 2 aliphatic rings. The van der Waals surface area contributed by atoms with E-state index in [2.05, 4.69) is 15.2 Å². The lowest BCUT2D eigenvalue weighted by Crippen LogP contribution is -2.50. The van der Waals surface area contributed by atoms with E-state index in [1.54, 1.807) is 17.0 Å². The lowest BCUT2D eigenvalue weighted by Gasteiger charge is -2.35. The van der Waals surface area contributed by atoms with Crippen molar-refractivity contribution in [3.8, 4) is 22.9 Å². The molecule has 2 aromatic carbocycles. The van der Waals surface area contributed by atoms with Gasteiger partial charge in [0.1, 0.15) is 17.4 Å². The SMILES string of the molecule is CC(C)(C)OC(=O)N1CCN(CCCOc2cccc(-c3ccc4c(C(=O)NCC(=O)N5CC(F)(F)C[C@H]5C#N)ccnc4c3)c2)CC1. The number of rotatable bonds is 9. The highest BCUT2D eigenvalue weighted by molar-refractivity contribution is 6.07. The maximum absolute atomic E-state index is 13.7. The number of piperazine rings is 1. The third-order valence-electron chi connectivity index (χ3n) is 8.21. The zero-order valence-corrected chi connectivity index (χ0v) is 27.4. The van der Waals surface area contributed by atoms with Crippen molar-refractivity contribution >= 4 is 28.8 Å². The van der Waals surface area contributed by atoms with Crippen LogP contribution in [0.25, 0.3) is 22.0 Å². The molecule has 0 saturated carbocycles. The van der Waals surface area contributed by atoms with Gasteiger partial charge < -0.3 is 24.6 Å². The molecule has 48 heavy (non-hydrogen) atoms. The van der Waals surface area contributed by atoms with Crippen molar-refractivity contribution in [1.29, 1.82) is 5.26 Å². The number of halogens is 2. The summed E-state index contributed by atoms with van der Waals surface area (Å²) in [6.45, 7) is 8.48. The molecule has 2 fully saturated rings. The molecule has 11 nitrogen and oxygen atoms in total. The van der Waals surface area contributed by atoms with E-state index in [9.17, 15) is 23.2 Å². The molecular formula is C35H40F2N6O5. The molecule has 0 bridgehead atoms. The van der Waals surface area contributed by atoms with Gasteiger partial charge in [0.15, 0.2) is 0 Å². The third-order valence-corrected chi connectivity index (χ3v) is 8.21. The van der Waals surface area contributed by atoms with E-state index >= 15 is 0 Å². The van der Waals surface area contributed by atoms with Crippen LogP contribution in [0.3, 0.4) is 0 Å². The summed E-state index contributed by atoms with van der Waals surface area (Å²) in [5, 5.41) is 12.2. The molecule has 0 radical (unpaired) electrons. The molecule has 2 aliphatic heterocycles. The molecule has 3 heterocycles. The van der Waals surface area contributed by atoms with Gasteiger partial charge in [-0.05, 0) is 62.6 Å². The molecule has 0 unspecified atom stereocenters. The molecule has 0 spiro atoms. The summed E-state index contributed by atoms with van der Waals surface area (Å²) in [6.07, 6.45) is 1.34. The van der Waals surface area contributed by atoms with Crippen LogP contribution in [0, 0.1) is 11.3 Å². The van der Waals surface area contributed by atoms with Gasteiger partial charge in [-0.2, -0.15) is 5.26 Å². The molecule has 1 atom stereocenters. The number of alkyl halides is 2. The van der Waals surface area contributed by atoms with Crippen molar-refractivity contribution < 1.29 is 32.6 Å². The fourth-order valence-corrected chi connectivity index (χ4v) is 5.80. The first-order chi connectivity index (χ1) is 22.8. The number of nitrogens with zero attached hydrogens (tertiary/aromatic N) is 5. The molecule has 3 amide bonds. The summed E-state index contributed by atoms with van der Waals surface area (Å²) < 4.78 is 39.0. The van der Waals surface area contributed by atoms with Crippen LogP contribution < -0.4 is 10.1 Å². The van der Waals surface area contributed by atoms with Crippen LogP contribution in [0.1, 0.15) is 44.0 Å². The zero-order chi connectivity index (χ0) is 34.5. The van der Waals surface area contributed by atoms with E-state index in [1.807, 2.05) is 57.2 Å². The van der Waals surface area contributed by atoms with Crippen molar-refractivity contribution in [2.75, 3.05) is 52.4 Å². The monoisotopic (exact) mass is 662 g/mol. The fourth-order valence-electron chi connectivity index (χ4n) is 5.80. The van der Waals surface area contributed by atoms with Gasteiger partial charge in [0.25, 0.3) is 11.8 Å². The third kappa shape index (κ3) is 8.74. The van der Waals surface area contributed by atoms with E-state index in [1.165, 1.54) is 12.3 Å². The Morgan fingerprint density at radius 1 is 1.06 bits per heavy atom. The second-order valence-electron chi connectivity index (χ2n) is 13.0. The van der Waals surface area contributed by atoms with Crippen LogP contribution in [0.2, 0.25) is 0 Å². The van der Waals surface area contributed by atoms with Crippen LogP contribution in [0.5, 0.6) is 5.75 Å². The van der Waals surface area contributed by atoms with E-state index < -0.39 is 48.9 Å². The number of nitrogens with one attached hydrogen (secondary N) is 1. The summed E-state index contributed by atoms with van der Waals surface area (Å²) in [5.41, 5.74) is 2.12. The first kappa shape index (κ1) is 34.5. The molecule has 0 aliphatic carbocycles. The van der Waals surface area contributed by atoms with Gasteiger partial charge in [0, 0.05) is 50.7 Å². The summed E-state index contributed by atoms with van der Waals surface area (Å²) in [6, 6.07) is 15.2. The number of carbonyl (C=O) groups excluding carboxylic acids is 3. The minimum absolute atomic E-state index is 0.269. The first-order valence-electron chi connectivity index (χ1n) is 16.0. The average Bonchev–Trinajstić information content (AvgIpc) is 3.39. The quantitative estimate of drug-likeness (QED) is 0.327. The summed E-state index contributed by atoms with van der Waals surface area (Å²) >= 11 is 0. The lowest BCUT2D eigenvalue weighted by atomic mass is 10.0. The molecule has 254 valence electrons. The molecule has 3 aromatic rings. The van der Waals surface area contributed by atoms with Gasteiger partial charge in [-0.25, -0.2) is 13.6 Å². The number of hydrogen-bond donors (Lipinski definition) is 1. The molecule has 2 saturated heterocycles. The molecule has 5 rings (SSSR count). The lowest BCUT2D eigenvalue weighted by molar-refractivity contribution is -0.131. The number of carbonyl (C=O) groups is 3. The zero-order valence-electron chi connectivity index (χ0n) is 27.4. The van der Waals surface area contributed by atoms with E-state index in [0.717, 1.165) is 47.8 Å². The van der Waals surface area contributed by atoms with Gasteiger partial charge in [0.05, 0.1) is 36.8 Å². The summed E-state index contributed by atoms with van der Waals surface area (Å²) in [4.78, 5) is 47.1. The molecular weight excluding hydrogens is 622 g/mol.